The van der Waals surface area contributed by atoms with Gasteiger partial charge in [-0.25, -0.2) is 14.5 Å². The summed E-state index contributed by atoms with van der Waals surface area (Å²) >= 11 is 0. The molecule has 98 valence electrons. The van der Waals surface area contributed by atoms with Gasteiger partial charge in [-0.1, -0.05) is 6.07 Å². The number of carbonyl (C=O) groups is 1. The summed E-state index contributed by atoms with van der Waals surface area (Å²) in [5.74, 6) is -0.253. The fourth-order valence-corrected chi connectivity index (χ4v) is 1.68. The fourth-order valence-electron chi connectivity index (χ4n) is 1.68. The van der Waals surface area contributed by atoms with E-state index in [0.717, 1.165) is 23.0 Å². The SMILES string of the molecule is COc1ccc(/C=C/C(=O)O)cc1Cn1cncn1. The van der Waals surface area contributed by atoms with Gasteiger partial charge in [-0.05, 0) is 23.8 Å². The summed E-state index contributed by atoms with van der Waals surface area (Å²) in [6.07, 6.45) is 5.70. The van der Waals surface area contributed by atoms with Crippen LogP contribution in [0.15, 0.2) is 36.9 Å². The van der Waals surface area contributed by atoms with Gasteiger partial charge < -0.3 is 9.84 Å². The monoisotopic (exact) mass is 259 g/mol. The van der Waals surface area contributed by atoms with E-state index < -0.39 is 5.97 Å². The second kappa shape index (κ2) is 5.81. The van der Waals surface area contributed by atoms with Crippen molar-refractivity contribution in [3.8, 4) is 5.75 Å². The van der Waals surface area contributed by atoms with Gasteiger partial charge in [0.05, 0.1) is 13.7 Å². The number of rotatable bonds is 5. The Kier molecular flexibility index (Phi) is 3.92. The van der Waals surface area contributed by atoms with Gasteiger partial charge >= 0.3 is 5.97 Å². The van der Waals surface area contributed by atoms with Crippen LogP contribution in [0.3, 0.4) is 0 Å². The highest BCUT2D eigenvalue weighted by atomic mass is 16.5. The summed E-state index contributed by atoms with van der Waals surface area (Å²) in [7, 11) is 1.59. The van der Waals surface area contributed by atoms with Crippen molar-refractivity contribution in [2.75, 3.05) is 7.11 Å². The molecule has 19 heavy (non-hydrogen) atoms. The summed E-state index contributed by atoms with van der Waals surface area (Å²) in [5.41, 5.74) is 1.69. The Hall–Kier alpha value is -2.63. The molecule has 0 fully saturated rings. The number of aromatic nitrogens is 3. The first-order valence-electron chi connectivity index (χ1n) is 5.59. The molecular weight excluding hydrogens is 246 g/mol. The molecule has 6 heteroatoms. The molecule has 0 radical (unpaired) electrons. The minimum atomic E-state index is -0.978. The van der Waals surface area contributed by atoms with E-state index >= 15 is 0 Å². The Bertz CT molecular complexity index is 591. The van der Waals surface area contributed by atoms with E-state index in [1.807, 2.05) is 6.07 Å². The predicted molar refractivity (Wildman–Crippen MR) is 68.8 cm³/mol. The summed E-state index contributed by atoms with van der Waals surface area (Å²) < 4.78 is 6.94. The topological polar surface area (TPSA) is 77.2 Å². The Morgan fingerprint density at radius 2 is 2.37 bits per heavy atom. The zero-order valence-corrected chi connectivity index (χ0v) is 10.4. The summed E-state index contributed by atoms with van der Waals surface area (Å²) in [6.45, 7) is 0.512. The average molecular weight is 259 g/mol. The smallest absolute Gasteiger partial charge is 0.328 e. The lowest BCUT2D eigenvalue weighted by molar-refractivity contribution is -0.131. The zero-order valence-electron chi connectivity index (χ0n) is 10.4. The minimum absolute atomic E-state index is 0.512. The molecule has 0 aliphatic carbocycles. The van der Waals surface area contributed by atoms with Gasteiger partial charge in [-0.2, -0.15) is 5.10 Å². The Morgan fingerprint density at radius 1 is 1.53 bits per heavy atom. The number of hydrogen-bond donors (Lipinski definition) is 1. The molecule has 2 aromatic rings. The highest BCUT2D eigenvalue weighted by molar-refractivity contribution is 5.85. The number of ether oxygens (including phenoxy) is 1. The van der Waals surface area contributed by atoms with Gasteiger partial charge in [0.25, 0.3) is 0 Å². The van der Waals surface area contributed by atoms with Crippen molar-refractivity contribution in [3.63, 3.8) is 0 Å². The summed E-state index contributed by atoms with van der Waals surface area (Å²) in [6, 6.07) is 5.46. The van der Waals surface area contributed by atoms with Crippen molar-refractivity contribution >= 4 is 12.0 Å². The number of nitrogens with zero attached hydrogens (tertiary/aromatic N) is 3. The molecule has 0 unspecified atom stereocenters. The van der Waals surface area contributed by atoms with Gasteiger partial charge in [-0.15, -0.1) is 0 Å². The average Bonchev–Trinajstić information content (AvgIpc) is 2.89. The standard InChI is InChI=1S/C13H13N3O3/c1-19-12-4-2-10(3-5-13(17)18)6-11(12)7-16-9-14-8-15-16/h2-6,8-9H,7H2,1H3,(H,17,18)/b5-3+. The van der Waals surface area contributed by atoms with E-state index in [4.69, 9.17) is 9.84 Å². The van der Waals surface area contributed by atoms with Crippen molar-refractivity contribution in [1.29, 1.82) is 0 Å². The van der Waals surface area contributed by atoms with Crippen LogP contribution < -0.4 is 4.74 Å². The third-order valence-electron chi connectivity index (χ3n) is 2.52. The van der Waals surface area contributed by atoms with Crippen LogP contribution in [0.2, 0.25) is 0 Å². The van der Waals surface area contributed by atoms with Crippen molar-refractivity contribution in [2.24, 2.45) is 0 Å². The molecule has 0 saturated carbocycles. The van der Waals surface area contributed by atoms with Crippen LogP contribution in [0.1, 0.15) is 11.1 Å². The Balaban J connectivity index is 2.28. The largest absolute Gasteiger partial charge is 0.496 e. The van der Waals surface area contributed by atoms with Crippen LogP contribution in [-0.2, 0) is 11.3 Å². The van der Waals surface area contributed by atoms with Gasteiger partial charge in [0.2, 0.25) is 0 Å². The molecular formula is C13H13N3O3. The summed E-state index contributed by atoms with van der Waals surface area (Å²) in [5, 5.41) is 12.6. The van der Waals surface area contributed by atoms with Gasteiger partial charge in [-0.3, -0.25) is 0 Å². The number of benzene rings is 1. The van der Waals surface area contributed by atoms with Crippen LogP contribution >= 0.6 is 0 Å². The Labute approximate surface area is 110 Å². The van der Waals surface area contributed by atoms with Gasteiger partial charge in [0.15, 0.2) is 0 Å². The quantitative estimate of drug-likeness (QED) is 0.822. The normalized spacial score (nSPS) is 10.8. The number of aliphatic carboxylic acids is 1. The van der Waals surface area contributed by atoms with Crippen molar-refractivity contribution < 1.29 is 14.6 Å². The lowest BCUT2D eigenvalue weighted by Crippen LogP contribution is -2.02. The van der Waals surface area contributed by atoms with E-state index in [1.165, 1.54) is 12.4 Å². The molecule has 0 atom stereocenters. The van der Waals surface area contributed by atoms with Gasteiger partial charge in [0.1, 0.15) is 18.4 Å². The van der Waals surface area contributed by atoms with Gasteiger partial charge in [0, 0.05) is 11.6 Å². The molecule has 0 saturated heterocycles. The molecule has 0 aliphatic rings. The Morgan fingerprint density at radius 3 is 3.00 bits per heavy atom. The lowest BCUT2D eigenvalue weighted by atomic mass is 10.1. The van der Waals surface area contributed by atoms with Crippen molar-refractivity contribution in [1.82, 2.24) is 14.8 Å². The lowest BCUT2D eigenvalue weighted by Gasteiger charge is -2.09. The number of carboxylic acid groups (broad SMARTS) is 1. The maximum Gasteiger partial charge on any atom is 0.328 e. The summed E-state index contributed by atoms with van der Waals surface area (Å²) in [4.78, 5) is 14.4. The van der Waals surface area contributed by atoms with Crippen LogP contribution in [0, 0.1) is 0 Å². The predicted octanol–water partition coefficient (Wildman–Crippen LogP) is 1.43. The highest BCUT2D eigenvalue weighted by Gasteiger charge is 2.05. The fraction of sp³-hybridized carbons (Fsp3) is 0.154. The highest BCUT2D eigenvalue weighted by Crippen LogP contribution is 2.21. The molecule has 0 spiro atoms. The van der Waals surface area contributed by atoms with Crippen LogP contribution in [0.5, 0.6) is 5.75 Å². The molecule has 2 rings (SSSR count). The zero-order chi connectivity index (χ0) is 13.7. The molecule has 0 amide bonds. The van der Waals surface area contributed by atoms with Crippen LogP contribution in [0.4, 0.5) is 0 Å². The second-order valence-electron chi connectivity index (χ2n) is 3.84. The van der Waals surface area contributed by atoms with E-state index in [-0.39, 0.29) is 0 Å². The molecule has 1 aromatic heterocycles. The molecule has 1 heterocycles. The van der Waals surface area contributed by atoms with E-state index in [1.54, 1.807) is 30.3 Å². The van der Waals surface area contributed by atoms with E-state index in [2.05, 4.69) is 10.1 Å². The third kappa shape index (κ3) is 3.41. The van der Waals surface area contributed by atoms with E-state index in [9.17, 15) is 4.79 Å². The maximum atomic E-state index is 10.5. The second-order valence-corrected chi connectivity index (χ2v) is 3.84. The molecule has 0 aliphatic heterocycles. The molecule has 1 aromatic carbocycles. The number of carboxylic acids is 1. The first kappa shape index (κ1) is 12.8. The van der Waals surface area contributed by atoms with Crippen LogP contribution in [-0.4, -0.2) is 33.0 Å². The maximum absolute atomic E-state index is 10.5. The first-order chi connectivity index (χ1) is 9.19. The molecule has 6 nitrogen and oxygen atoms in total. The van der Waals surface area contributed by atoms with Crippen molar-refractivity contribution in [2.45, 2.75) is 6.54 Å². The third-order valence-corrected chi connectivity index (χ3v) is 2.52. The van der Waals surface area contributed by atoms with Crippen LogP contribution in [0.25, 0.3) is 6.08 Å². The first-order valence-corrected chi connectivity index (χ1v) is 5.59. The number of hydrogen-bond acceptors (Lipinski definition) is 4. The minimum Gasteiger partial charge on any atom is -0.496 e. The van der Waals surface area contributed by atoms with Crippen molar-refractivity contribution in [3.05, 3.63) is 48.1 Å². The number of methoxy groups -OCH3 is 1. The molecule has 0 bridgehead atoms. The van der Waals surface area contributed by atoms with E-state index in [0.29, 0.717) is 6.54 Å². The molecule has 1 N–H and O–H groups in total.